The van der Waals surface area contributed by atoms with E-state index in [0.717, 1.165) is 23.4 Å². The summed E-state index contributed by atoms with van der Waals surface area (Å²) in [5.41, 5.74) is 3.03. The van der Waals surface area contributed by atoms with Crippen molar-refractivity contribution in [3.8, 4) is 0 Å². The van der Waals surface area contributed by atoms with Crippen LogP contribution in [0.15, 0.2) is 48.5 Å². The molecule has 1 aliphatic rings. The highest BCUT2D eigenvalue weighted by Crippen LogP contribution is 2.33. The first kappa shape index (κ1) is 16.2. The van der Waals surface area contributed by atoms with E-state index in [0.29, 0.717) is 12.1 Å². The molecule has 4 heteroatoms. The number of nitrogens with one attached hydrogen (secondary N) is 1. The summed E-state index contributed by atoms with van der Waals surface area (Å²) < 4.78 is 0. The number of benzene rings is 2. The zero-order chi connectivity index (χ0) is 17.3. The van der Waals surface area contributed by atoms with Gasteiger partial charge in [-0.15, -0.1) is 0 Å². The molecule has 1 N–H and O–H groups in total. The standard InChI is InChI=1S/C20H22N2O2/c1-20(2,3)19(24)22-12-11-15-13-16(9-10-17(15)22)21-18(23)14-7-5-4-6-8-14/h4-10,13H,11-12H2,1-3H3,(H,21,23). The molecule has 4 nitrogen and oxygen atoms in total. The van der Waals surface area contributed by atoms with Crippen LogP contribution < -0.4 is 10.2 Å². The van der Waals surface area contributed by atoms with E-state index in [1.165, 1.54) is 0 Å². The van der Waals surface area contributed by atoms with Gasteiger partial charge in [-0.25, -0.2) is 0 Å². The number of fused-ring (bicyclic) bond motifs is 1. The molecule has 0 radical (unpaired) electrons. The molecule has 1 heterocycles. The van der Waals surface area contributed by atoms with Gasteiger partial charge < -0.3 is 10.2 Å². The highest BCUT2D eigenvalue weighted by molar-refractivity contribution is 6.05. The van der Waals surface area contributed by atoms with E-state index < -0.39 is 5.41 Å². The van der Waals surface area contributed by atoms with Gasteiger partial charge in [-0.2, -0.15) is 0 Å². The molecule has 0 saturated heterocycles. The SMILES string of the molecule is CC(C)(C)C(=O)N1CCc2cc(NC(=O)c3ccccc3)ccc21. The molecule has 24 heavy (non-hydrogen) atoms. The Kier molecular flexibility index (Phi) is 4.14. The van der Waals surface area contributed by atoms with E-state index in [-0.39, 0.29) is 11.8 Å². The molecule has 1 aliphatic heterocycles. The third-order valence-corrected chi connectivity index (χ3v) is 4.16. The highest BCUT2D eigenvalue weighted by Gasteiger charge is 2.32. The van der Waals surface area contributed by atoms with Gasteiger partial charge in [0.05, 0.1) is 0 Å². The summed E-state index contributed by atoms with van der Waals surface area (Å²) in [7, 11) is 0. The van der Waals surface area contributed by atoms with E-state index in [4.69, 9.17) is 0 Å². The number of nitrogens with zero attached hydrogens (tertiary/aromatic N) is 1. The third-order valence-electron chi connectivity index (χ3n) is 4.16. The minimum absolute atomic E-state index is 0.127. The number of hydrogen-bond acceptors (Lipinski definition) is 2. The molecular formula is C20H22N2O2. The second-order valence-corrected chi connectivity index (χ2v) is 7.12. The molecule has 2 amide bonds. The Labute approximate surface area is 142 Å². The van der Waals surface area contributed by atoms with Gasteiger partial charge in [0.1, 0.15) is 0 Å². The third kappa shape index (κ3) is 3.18. The van der Waals surface area contributed by atoms with E-state index in [1.807, 2.05) is 62.1 Å². The van der Waals surface area contributed by atoms with E-state index in [2.05, 4.69) is 5.32 Å². The average Bonchev–Trinajstić information content (AvgIpc) is 2.97. The summed E-state index contributed by atoms with van der Waals surface area (Å²) in [4.78, 5) is 26.6. The van der Waals surface area contributed by atoms with Crippen LogP contribution in [0.2, 0.25) is 0 Å². The molecule has 0 aromatic heterocycles. The Bertz CT molecular complexity index is 776. The lowest BCUT2D eigenvalue weighted by molar-refractivity contribution is -0.125. The van der Waals surface area contributed by atoms with Gasteiger partial charge in [0, 0.05) is 28.9 Å². The maximum absolute atomic E-state index is 12.5. The second kappa shape index (κ2) is 6.11. The quantitative estimate of drug-likeness (QED) is 0.912. The first-order chi connectivity index (χ1) is 11.4. The van der Waals surface area contributed by atoms with Gasteiger partial charge in [0.15, 0.2) is 0 Å². The Morgan fingerprint density at radius 3 is 2.42 bits per heavy atom. The summed E-state index contributed by atoms with van der Waals surface area (Å²) in [6, 6.07) is 14.9. The van der Waals surface area contributed by atoms with Crippen LogP contribution in [0.5, 0.6) is 0 Å². The topological polar surface area (TPSA) is 49.4 Å². The number of carbonyl (C=O) groups is 2. The maximum Gasteiger partial charge on any atom is 0.255 e. The van der Waals surface area contributed by atoms with E-state index in [1.54, 1.807) is 12.1 Å². The number of hydrogen-bond donors (Lipinski definition) is 1. The molecule has 0 atom stereocenters. The fraction of sp³-hybridized carbons (Fsp3) is 0.300. The number of rotatable bonds is 2. The summed E-state index contributed by atoms with van der Waals surface area (Å²) in [5.74, 6) is -0.00140. The number of amides is 2. The summed E-state index contributed by atoms with van der Waals surface area (Å²) in [5, 5.41) is 2.92. The Hall–Kier alpha value is -2.62. The minimum Gasteiger partial charge on any atom is -0.322 e. The summed E-state index contributed by atoms with van der Waals surface area (Å²) in [6.07, 6.45) is 0.812. The average molecular weight is 322 g/mol. The summed E-state index contributed by atoms with van der Waals surface area (Å²) >= 11 is 0. The van der Waals surface area contributed by atoms with Crippen molar-refractivity contribution < 1.29 is 9.59 Å². The van der Waals surface area contributed by atoms with Crippen molar-refractivity contribution in [1.29, 1.82) is 0 Å². The molecule has 0 aliphatic carbocycles. The van der Waals surface area contributed by atoms with Gasteiger partial charge >= 0.3 is 0 Å². The van der Waals surface area contributed by atoms with Gasteiger partial charge in [0.2, 0.25) is 5.91 Å². The van der Waals surface area contributed by atoms with Crippen molar-refractivity contribution in [3.63, 3.8) is 0 Å². The molecule has 0 unspecified atom stereocenters. The molecule has 0 bridgehead atoms. The zero-order valence-corrected chi connectivity index (χ0v) is 14.3. The molecule has 0 saturated carbocycles. The fourth-order valence-electron chi connectivity index (χ4n) is 2.89. The lowest BCUT2D eigenvalue weighted by Crippen LogP contribution is -2.38. The normalized spacial score (nSPS) is 13.5. The molecule has 0 spiro atoms. The Morgan fingerprint density at radius 1 is 1.04 bits per heavy atom. The van der Waals surface area contributed by atoms with Crippen LogP contribution in [-0.4, -0.2) is 18.4 Å². The van der Waals surface area contributed by atoms with E-state index >= 15 is 0 Å². The maximum atomic E-state index is 12.5. The Balaban J connectivity index is 1.79. The second-order valence-electron chi connectivity index (χ2n) is 7.12. The highest BCUT2D eigenvalue weighted by atomic mass is 16.2. The number of carbonyl (C=O) groups excluding carboxylic acids is 2. The van der Waals surface area contributed by atoms with Gasteiger partial charge in [-0.1, -0.05) is 39.0 Å². The molecule has 124 valence electrons. The summed E-state index contributed by atoms with van der Waals surface area (Å²) in [6.45, 7) is 6.49. The minimum atomic E-state index is -0.401. The van der Waals surface area contributed by atoms with Crippen LogP contribution in [0, 0.1) is 5.41 Å². The molecule has 0 fully saturated rings. The lowest BCUT2D eigenvalue weighted by atomic mass is 9.94. The van der Waals surface area contributed by atoms with Crippen LogP contribution in [0.25, 0.3) is 0 Å². The lowest BCUT2D eigenvalue weighted by Gasteiger charge is -2.26. The van der Waals surface area contributed by atoms with Crippen LogP contribution in [-0.2, 0) is 11.2 Å². The fourth-order valence-corrected chi connectivity index (χ4v) is 2.89. The van der Waals surface area contributed by atoms with Crippen molar-refractivity contribution in [2.75, 3.05) is 16.8 Å². The van der Waals surface area contributed by atoms with Crippen molar-refractivity contribution in [2.24, 2.45) is 5.41 Å². The largest absolute Gasteiger partial charge is 0.322 e. The van der Waals surface area contributed by atoms with Crippen molar-refractivity contribution in [1.82, 2.24) is 0 Å². The van der Waals surface area contributed by atoms with Crippen molar-refractivity contribution in [3.05, 3.63) is 59.7 Å². The van der Waals surface area contributed by atoms with Crippen LogP contribution >= 0.6 is 0 Å². The van der Waals surface area contributed by atoms with Crippen LogP contribution in [0.3, 0.4) is 0 Å². The molecule has 2 aromatic rings. The van der Waals surface area contributed by atoms with Crippen molar-refractivity contribution >= 4 is 23.2 Å². The van der Waals surface area contributed by atoms with Crippen molar-refractivity contribution in [2.45, 2.75) is 27.2 Å². The molecule has 3 rings (SSSR count). The number of anilines is 2. The predicted molar refractivity (Wildman–Crippen MR) is 96.3 cm³/mol. The first-order valence-corrected chi connectivity index (χ1v) is 8.17. The monoisotopic (exact) mass is 322 g/mol. The smallest absolute Gasteiger partial charge is 0.255 e. The zero-order valence-electron chi connectivity index (χ0n) is 14.3. The van der Waals surface area contributed by atoms with Gasteiger partial charge in [0.25, 0.3) is 5.91 Å². The molecular weight excluding hydrogens is 300 g/mol. The van der Waals surface area contributed by atoms with Crippen LogP contribution in [0.1, 0.15) is 36.7 Å². The van der Waals surface area contributed by atoms with Gasteiger partial charge in [-0.05, 0) is 42.3 Å². The van der Waals surface area contributed by atoms with Crippen LogP contribution in [0.4, 0.5) is 11.4 Å². The molecule has 2 aromatic carbocycles. The van der Waals surface area contributed by atoms with Gasteiger partial charge in [-0.3, -0.25) is 9.59 Å². The Morgan fingerprint density at radius 2 is 1.75 bits per heavy atom. The predicted octanol–water partition coefficient (Wildman–Crippen LogP) is 3.87. The first-order valence-electron chi connectivity index (χ1n) is 8.17. The van der Waals surface area contributed by atoms with E-state index in [9.17, 15) is 9.59 Å².